The number of rotatable bonds is 7. The number of nitrogens with zero attached hydrogens (tertiary/aromatic N) is 2. The van der Waals surface area contributed by atoms with Gasteiger partial charge in [-0.1, -0.05) is 17.7 Å². The molecule has 1 aromatic carbocycles. The van der Waals surface area contributed by atoms with E-state index in [0.29, 0.717) is 25.6 Å². The molecule has 0 spiro atoms. The van der Waals surface area contributed by atoms with Crippen LogP contribution in [-0.2, 0) is 11.2 Å². The summed E-state index contributed by atoms with van der Waals surface area (Å²) in [4.78, 5) is 31.4. The number of carbonyl (C=O) groups excluding carboxylic acids is 2. The third-order valence-electron chi connectivity index (χ3n) is 6.11. The summed E-state index contributed by atoms with van der Waals surface area (Å²) in [5.41, 5.74) is 2.00. The van der Waals surface area contributed by atoms with E-state index in [0.717, 1.165) is 25.0 Å². The first kappa shape index (κ1) is 23.6. The fourth-order valence-electron chi connectivity index (χ4n) is 4.17. The van der Waals surface area contributed by atoms with Crippen LogP contribution in [0.5, 0.6) is 5.75 Å². The SMILES string of the molecule is Cc1ccc(OC[C@@H]2c3ccsc3CCN2C(=O)CN(CC2CC2)C(=O)NC(C)(C)C)cc1. The van der Waals surface area contributed by atoms with Gasteiger partial charge in [0.05, 0.1) is 6.04 Å². The minimum absolute atomic E-state index is 0.0194. The number of nitrogens with one attached hydrogen (secondary N) is 1. The highest BCUT2D eigenvalue weighted by Gasteiger charge is 2.35. The number of hydrogen-bond donors (Lipinski definition) is 1. The molecule has 4 rings (SSSR count). The van der Waals surface area contributed by atoms with Gasteiger partial charge in [0.1, 0.15) is 18.9 Å². The third-order valence-corrected chi connectivity index (χ3v) is 7.11. The molecule has 1 N–H and O–H groups in total. The molecule has 0 unspecified atom stereocenters. The van der Waals surface area contributed by atoms with Crippen molar-refractivity contribution >= 4 is 23.3 Å². The number of ether oxygens (including phenoxy) is 1. The first-order valence-corrected chi connectivity index (χ1v) is 12.7. The van der Waals surface area contributed by atoms with Crippen LogP contribution in [0.4, 0.5) is 4.79 Å². The van der Waals surface area contributed by atoms with Crippen LogP contribution in [0.3, 0.4) is 0 Å². The molecule has 178 valence electrons. The van der Waals surface area contributed by atoms with Gasteiger partial charge in [-0.15, -0.1) is 11.3 Å². The predicted molar refractivity (Wildman–Crippen MR) is 132 cm³/mol. The Morgan fingerprint density at radius 2 is 1.91 bits per heavy atom. The molecule has 3 amide bonds. The van der Waals surface area contributed by atoms with Crippen molar-refractivity contribution in [2.75, 3.05) is 26.2 Å². The molecule has 1 atom stereocenters. The second-order valence-corrected chi connectivity index (χ2v) is 11.3. The Hall–Kier alpha value is -2.54. The maximum atomic E-state index is 13.5. The number of thiophene rings is 1. The summed E-state index contributed by atoms with van der Waals surface area (Å²) in [6, 6.07) is 9.78. The van der Waals surface area contributed by atoms with Gasteiger partial charge in [-0.3, -0.25) is 4.79 Å². The number of benzene rings is 1. The van der Waals surface area contributed by atoms with Gasteiger partial charge >= 0.3 is 6.03 Å². The zero-order valence-corrected chi connectivity index (χ0v) is 20.9. The number of aryl methyl sites for hydroxylation is 1. The van der Waals surface area contributed by atoms with Crippen molar-refractivity contribution < 1.29 is 14.3 Å². The topological polar surface area (TPSA) is 61.9 Å². The molecule has 1 aliphatic carbocycles. The summed E-state index contributed by atoms with van der Waals surface area (Å²) in [6.45, 7) is 9.71. The second-order valence-electron chi connectivity index (χ2n) is 10.3. The van der Waals surface area contributed by atoms with Crippen LogP contribution in [0, 0.1) is 12.8 Å². The van der Waals surface area contributed by atoms with Crippen LogP contribution in [0.25, 0.3) is 0 Å². The lowest BCUT2D eigenvalue weighted by Crippen LogP contribution is -2.53. The van der Waals surface area contributed by atoms with Gasteiger partial charge in [-0.05, 0) is 82.0 Å². The Balaban J connectivity index is 1.48. The van der Waals surface area contributed by atoms with Crippen LogP contribution in [0.15, 0.2) is 35.7 Å². The molecule has 1 saturated carbocycles. The van der Waals surface area contributed by atoms with E-state index >= 15 is 0 Å². The lowest BCUT2D eigenvalue weighted by Gasteiger charge is -2.37. The fourth-order valence-corrected chi connectivity index (χ4v) is 5.10. The monoisotopic (exact) mass is 469 g/mol. The average molecular weight is 470 g/mol. The highest BCUT2D eigenvalue weighted by atomic mass is 32.1. The fraction of sp³-hybridized carbons (Fsp3) is 0.538. The van der Waals surface area contributed by atoms with Gasteiger partial charge in [0.15, 0.2) is 0 Å². The normalized spacial score (nSPS) is 17.9. The van der Waals surface area contributed by atoms with Crippen molar-refractivity contribution in [1.29, 1.82) is 0 Å². The van der Waals surface area contributed by atoms with E-state index in [-0.39, 0.29) is 30.1 Å². The molecule has 1 aromatic heterocycles. The lowest BCUT2D eigenvalue weighted by atomic mass is 10.0. The van der Waals surface area contributed by atoms with Gasteiger partial charge in [-0.25, -0.2) is 4.79 Å². The van der Waals surface area contributed by atoms with Crippen LogP contribution >= 0.6 is 11.3 Å². The molecule has 6 nitrogen and oxygen atoms in total. The number of hydrogen-bond acceptors (Lipinski definition) is 4. The molecular formula is C26H35N3O3S. The second kappa shape index (κ2) is 9.75. The molecule has 2 aromatic rings. The van der Waals surface area contributed by atoms with E-state index in [2.05, 4.69) is 16.8 Å². The van der Waals surface area contributed by atoms with Crippen molar-refractivity contribution in [3.8, 4) is 5.75 Å². The van der Waals surface area contributed by atoms with E-state index in [4.69, 9.17) is 4.74 Å². The van der Waals surface area contributed by atoms with Gasteiger partial charge < -0.3 is 19.9 Å². The molecule has 7 heteroatoms. The first-order valence-electron chi connectivity index (χ1n) is 11.8. The summed E-state index contributed by atoms with van der Waals surface area (Å²) in [7, 11) is 0. The van der Waals surface area contributed by atoms with E-state index in [1.54, 1.807) is 16.2 Å². The molecule has 2 heterocycles. The van der Waals surface area contributed by atoms with Gasteiger partial charge in [0, 0.05) is 23.5 Å². The zero-order chi connectivity index (χ0) is 23.6. The quantitative estimate of drug-likeness (QED) is 0.635. The summed E-state index contributed by atoms with van der Waals surface area (Å²) in [5.74, 6) is 1.29. The van der Waals surface area contributed by atoms with Crippen LogP contribution in [0.2, 0.25) is 0 Å². The van der Waals surface area contributed by atoms with E-state index < -0.39 is 0 Å². The van der Waals surface area contributed by atoms with E-state index in [1.807, 2.05) is 56.9 Å². The average Bonchev–Trinajstić information content (AvgIpc) is 3.44. The number of fused-ring (bicyclic) bond motifs is 1. The van der Waals surface area contributed by atoms with E-state index in [1.165, 1.54) is 16.0 Å². The Kier molecular flexibility index (Phi) is 6.98. The summed E-state index contributed by atoms with van der Waals surface area (Å²) < 4.78 is 6.12. The number of carbonyl (C=O) groups is 2. The summed E-state index contributed by atoms with van der Waals surface area (Å²) in [6.07, 6.45) is 3.10. The van der Waals surface area contributed by atoms with Crippen LogP contribution in [0.1, 0.15) is 55.7 Å². The predicted octanol–water partition coefficient (Wildman–Crippen LogP) is 4.78. The maximum absolute atomic E-state index is 13.5. The minimum atomic E-state index is -0.344. The van der Waals surface area contributed by atoms with Gasteiger partial charge in [0.2, 0.25) is 5.91 Å². The van der Waals surface area contributed by atoms with E-state index in [9.17, 15) is 9.59 Å². The van der Waals surface area contributed by atoms with Crippen molar-refractivity contribution in [2.24, 2.45) is 5.92 Å². The summed E-state index contributed by atoms with van der Waals surface area (Å²) >= 11 is 1.74. The molecule has 0 saturated heterocycles. The van der Waals surface area contributed by atoms with Crippen molar-refractivity contribution in [3.63, 3.8) is 0 Å². The smallest absolute Gasteiger partial charge is 0.318 e. The molecule has 0 radical (unpaired) electrons. The lowest BCUT2D eigenvalue weighted by molar-refractivity contribution is -0.135. The molecule has 2 aliphatic rings. The Morgan fingerprint density at radius 1 is 1.18 bits per heavy atom. The largest absolute Gasteiger partial charge is 0.491 e. The first-order chi connectivity index (χ1) is 15.7. The molecular weight excluding hydrogens is 434 g/mol. The number of urea groups is 1. The van der Waals surface area contributed by atoms with Crippen molar-refractivity contribution in [3.05, 3.63) is 51.7 Å². The van der Waals surface area contributed by atoms with Crippen molar-refractivity contribution in [1.82, 2.24) is 15.1 Å². The third kappa shape index (κ3) is 6.28. The highest BCUT2D eigenvalue weighted by Crippen LogP contribution is 2.34. The van der Waals surface area contributed by atoms with Crippen LogP contribution < -0.4 is 10.1 Å². The zero-order valence-electron chi connectivity index (χ0n) is 20.1. The molecule has 0 bridgehead atoms. The molecule has 1 aliphatic heterocycles. The number of amides is 3. The molecule has 1 fully saturated rings. The highest BCUT2D eigenvalue weighted by molar-refractivity contribution is 7.10. The maximum Gasteiger partial charge on any atom is 0.318 e. The summed E-state index contributed by atoms with van der Waals surface area (Å²) in [5, 5.41) is 5.12. The van der Waals surface area contributed by atoms with Gasteiger partial charge in [-0.2, -0.15) is 0 Å². The molecule has 33 heavy (non-hydrogen) atoms. The Morgan fingerprint density at radius 3 is 2.58 bits per heavy atom. The van der Waals surface area contributed by atoms with Gasteiger partial charge in [0.25, 0.3) is 0 Å². The van der Waals surface area contributed by atoms with Crippen LogP contribution in [-0.4, -0.2) is 53.5 Å². The minimum Gasteiger partial charge on any atom is -0.491 e. The standard InChI is InChI=1S/C26H35N3O3S/c1-18-5-9-20(10-6-18)32-17-22-21-12-14-33-23(21)11-13-29(22)24(30)16-28(15-19-7-8-19)25(31)27-26(2,3)4/h5-6,9-10,12,14,19,22H,7-8,11,13,15-17H2,1-4H3,(H,27,31)/t22-/m1/s1. The Bertz CT molecular complexity index is 975. The van der Waals surface area contributed by atoms with Crippen molar-refractivity contribution in [2.45, 2.75) is 58.5 Å². The Labute approximate surface area is 200 Å².